The van der Waals surface area contributed by atoms with Gasteiger partial charge in [0.25, 0.3) is 0 Å². The highest BCUT2D eigenvalue weighted by atomic mass is 35.5. The normalized spacial score (nSPS) is 19.9. The molecule has 1 amide bonds. The third-order valence-electron chi connectivity index (χ3n) is 3.09. The molecule has 2 nitrogen and oxygen atoms in total. The molecule has 1 aliphatic rings. The Bertz CT molecular complexity index is 453. The van der Waals surface area contributed by atoms with Gasteiger partial charge in [0.2, 0.25) is 5.91 Å². The van der Waals surface area contributed by atoms with E-state index in [1.807, 2.05) is 0 Å². The van der Waals surface area contributed by atoms with Crippen molar-refractivity contribution in [2.75, 3.05) is 13.1 Å². The molecule has 0 aliphatic carbocycles. The van der Waals surface area contributed by atoms with Crippen molar-refractivity contribution in [3.63, 3.8) is 0 Å². The van der Waals surface area contributed by atoms with Crippen LogP contribution in [0.1, 0.15) is 18.4 Å². The van der Waals surface area contributed by atoms with Crippen LogP contribution in [0, 0.1) is 11.6 Å². The smallest absolute Gasteiger partial charge is 0.227 e. The van der Waals surface area contributed by atoms with E-state index in [-0.39, 0.29) is 23.3 Å². The van der Waals surface area contributed by atoms with Gasteiger partial charge in [-0.1, -0.05) is 12.1 Å². The Labute approximate surface area is 110 Å². The predicted molar refractivity (Wildman–Crippen MR) is 65.5 cm³/mol. The lowest BCUT2D eigenvalue weighted by molar-refractivity contribution is -0.131. The number of benzene rings is 1. The number of carbonyl (C=O) groups excluding carboxylic acids is 1. The van der Waals surface area contributed by atoms with Crippen LogP contribution in [0.2, 0.25) is 0 Å². The van der Waals surface area contributed by atoms with Crippen LogP contribution in [0.4, 0.5) is 8.78 Å². The minimum atomic E-state index is -0.940. The van der Waals surface area contributed by atoms with Gasteiger partial charge in [-0.2, -0.15) is 0 Å². The Morgan fingerprint density at radius 2 is 2.22 bits per heavy atom. The summed E-state index contributed by atoms with van der Waals surface area (Å²) in [6.45, 7) is 1.12. The van der Waals surface area contributed by atoms with E-state index in [1.165, 1.54) is 12.1 Å². The van der Waals surface area contributed by atoms with Crippen molar-refractivity contribution in [3.8, 4) is 0 Å². The Balaban J connectivity index is 2.04. The van der Waals surface area contributed by atoms with E-state index in [1.54, 1.807) is 4.90 Å². The number of halogens is 3. The summed E-state index contributed by atoms with van der Waals surface area (Å²) in [4.78, 5) is 13.6. The predicted octanol–water partition coefficient (Wildman–Crippen LogP) is 2.74. The van der Waals surface area contributed by atoms with Crippen molar-refractivity contribution in [3.05, 3.63) is 35.4 Å². The van der Waals surface area contributed by atoms with Crippen molar-refractivity contribution in [2.24, 2.45) is 0 Å². The maximum atomic E-state index is 13.4. The van der Waals surface area contributed by atoms with Crippen LogP contribution in [-0.2, 0) is 11.2 Å². The second-order valence-electron chi connectivity index (χ2n) is 4.47. The number of likely N-dealkylation sites (tertiary alicyclic amines) is 1. The lowest BCUT2D eigenvalue weighted by atomic mass is 10.1. The summed E-state index contributed by atoms with van der Waals surface area (Å²) in [6.07, 6.45) is 1.62. The second-order valence-corrected chi connectivity index (χ2v) is 5.09. The monoisotopic (exact) mass is 273 g/mol. The summed E-state index contributed by atoms with van der Waals surface area (Å²) in [6, 6.07) is 3.87. The summed E-state index contributed by atoms with van der Waals surface area (Å²) in [5.41, 5.74) is 0.0942. The van der Waals surface area contributed by atoms with Crippen molar-refractivity contribution in [1.29, 1.82) is 0 Å². The number of carbonyl (C=O) groups is 1. The summed E-state index contributed by atoms with van der Waals surface area (Å²) in [5, 5.41) is -0.0416. The molecule has 1 saturated heterocycles. The molecule has 0 N–H and O–H groups in total. The van der Waals surface area contributed by atoms with Crippen molar-refractivity contribution in [1.82, 2.24) is 4.90 Å². The minimum absolute atomic E-state index is 0.0416. The van der Waals surface area contributed by atoms with E-state index < -0.39 is 11.6 Å². The van der Waals surface area contributed by atoms with Crippen LogP contribution in [0.15, 0.2) is 18.2 Å². The zero-order valence-corrected chi connectivity index (χ0v) is 10.6. The summed E-state index contributed by atoms with van der Waals surface area (Å²) in [7, 11) is 0. The highest BCUT2D eigenvalue weighted by molar-refractivity contribution is 6.20. The Kier molecular flexibility index (Phi) is 4.17. The van der Waals surface area contributed by atoms with Gasteiger partial charge in [0.1, 0.15) is 0 Å². The standard InChI is InChI=1S/C13H14ClF2NO/c14-10-4-2-6-17(8-10)12(18)7-9-3-1-5-11(15)13(9)16/h1,3,5,10H,2,4,6-8H2. The van der Waals surface area contributed by atoms with Gasteiger partial charge in [0.05, 0.1) is 11.8 Å². The molecule has 5 heteroatoms. The van der Waals surface area contributed by atoms with E-state index in [2.05, 4.69) is 0 Å². The van der Waals surface area contributed by atoms with E-state index in [0.717, 1.165) is 18.9 Å². The van der Waals surface area contributed by atoms with Crippen LogP contribution in [0.25, 0.3) is 0 Å². The van der Waals surface area contributed by atoms with E-state index >= 15 is 0 Å². The third kappa shape index (κ3) is 2.99. The first kappa shape index (κ1) is 13.3. The fourth-order valence-corrected chi connectivity index (χ4v) is 2.43. The molecule has 1 atom stereocenters. The fraction of sp³-hybridized carbons (Fsp3) is 0.462. The molecule has 1 heterocycles. The Morgan fingerprint density at radius 1 is 1.44 bits per heavy atom. The number of amides is 1. The van der Waals surface area contributed by atoms with Gasteiger partial charge >= 0.3 is 0 Å². The largest absolute Gasteiger partial charge is 0.341 e. The molecule has 18 heavy (non-hydrogen) atoms. The number of hydrogen-bond donors (Lipinski definition) is 0. The van der Waals surface area contributed by atoms with Gasteiger partial charge in [-0.3, -0.25) is 4.79 Å². The maximum absolute atomic E-state index is 13.4. The molecule has 0 radical (unpaired) electrons. The van der Waals surface area contributed by atoms with Gasteiger partial charge in [0.15, 0.2) is 11.6 Å². The quantitative estimate of drug-likeness (QED) is 0.759. The lowest BCUT2D eigenvalue weighted by Gasteiger charge is -2.29. The van der Waals surface area contributed by atoms with Crippen LogP contribution in [0.5, 0.6) is 0 Å². The summed E-state index contributed by atoms with van der Waals surface area (Å²) in [5.74, 6) is -2.07. The molecule has 0 saturated carbocycles. The third-order valence-corrected chi connectivity index (χ3v) is 3.45. The average molecular weight is 274 g/mol. The molecule has 1 aromatic carbocycles. The second kappa shape index (κ2) is 5.65. The van der Waals surface area contributed by atoms with Crippen molar-refractivity contribution < 1.29 is 13.6 Å². The summed E-state index contributed by atoms with van der Waals surface area (Å²) >= 11 is 5.99. The number of hydrogen-bond acceptors (Lipinski definition) is 1. The topological polar surface area (TPSA) is 20.3 Å². The highest BCUT2D eigenvalue weighted by Gasteiger charge is 2.23. The Hall–Kier alpha value is -1.16. The fourth-order valence-electron chi connectivity index (χ4n) is 2.11. The molecule has 2 rings (SSSR count). The van der Waals surface area contributed by atoms with Crippen molar-refractivity contribution >= 4 is 17.5 Å². The molecule has 0 bridgehead atoms. The van der Waals surface area contributed by atoms with Gasteiger partial charge in [0, 0.05) is 18.7 Å². The van der Waals surface area contributed by atoms with E-state index in [9.17, 15) is 13.6 Å². The number of piperidine rings is 1. The molecule has 0 spiro atoms. The number of rotatable bonds is 2. The maximum Gasteiger partial charge on any atom is 0.227 e. The van der Waals surface area contributed by atoms with E-state index in [0.29, 0.717) is 13.1 Å². The van der Waals surface area contributed by atoms with Crippen molar-refractivity contribution in [2.45, 2.75) is 24.6 Å². The number of nitrogens with zero attached hydrogens (tertiary/aromatic N) is 1. The van der Waals surface area contributed by atoms with Gasteiger partial charge in [-0.15, -0.1) is 11.6 Å². The van der Waals surface area contributed by atoms with Crippen LogP contribution >= 0.6 is 11.6 Å². The molecule has 98 valence electrons. The summed E-state index contributed by atoms with van der Waals surface area (Å²) < 4.78 is 26.4. The number of alkyl halides is 1. The molecule has 1 fully saturated rings. The first-order chi connectivity index (χ1) is 8.58. The molecule has 1 aromatic rings. The van der Waals surface area contributed by atoms with Crippen LogP contribution in [-0.4, -0.2) is 29.3 Å². The molecule has 1 aliphatic heterocycles. The molecule has 0 aromatic heterocycles. The molecular formula is C13H14ClF2NO. The van der Waals surface area contributed by atoms with E-state index in [4.69, 9.17) is 11.6 Å². The SMILES string of the molecule is O=C(Cc1cccc(F)c1F)N1CCCC(Cl)C1. The van der Waals surface area contributed by atoms with Gasteiger partial charge < -0.3 is 4.90 Å². The molecular weight excluding hydrogens is 260 g/mol. The highest BCUT2D eigenvalue weighted by Crippen LogP contribution is 2.18. The zero-order valence-electron chi connectivity index (χ0n) is 9.83. The zero-order chi connectivity index (χ0) is 13.1. The van der Waals surface area contributed by atoms with Gasteiger partial charge in [-0.05, 0) is 18.9 Å². The minimum Gasteiger partial charge on any atom is -0.341 e. The first-order valence-electron chi connectivity index (χ1n) is 5.92. The lowest BCUT2D eigenvalue weighted by Crippen LogP contribution is -2.41. The van der Waals surface area contributed by atoms with Crippen LogP contribution < -0.4 is 0 Å². The first-order valence-corrected chi connectivity index (χ1v) is 6.36. The molecule has 1 unspecified atom stereocenters. The Morgan fingerprint density at radius 3 is 2.94 bits per heavy atom. The average Bonchev–Trinajstić information content (AvgIpc) is 2.35. The van der Waals surface area contributed by atoms with Gasteiger partial charge in [-0.25, -0.2) is 8.78 Å². The van der Waals surface area contributed by atoms with Crippen LogP contribution in [0.3, 0.4) is 0 Å².